The van der Waals surface area contributed by atoms with Gasteiger partial charge in [0.05, 0.1) is 12.9 Å². The lowest BCUT2D eigenvalue weighted by molar-refractivity contribution is -0.148. The highest BCUT2D eigenvalue weighted by atomic mass is 32.2. The van der Waals surface area contributed by atoms with Gasteiger partial charge in [-0.25, -0.2) is 0 Å². The SMILES string of the molecule is COC(=O)C(C)(CCCSCC(N)=O)NC(C)C. The van der Waals surface area contributed by atoms with Crippen molar-refractivity contribution < 1.29 is 14.3 Å². The number of hydrogen-bond donors (Lipinski definition) is 2. The van der Waals surface area contributed by atoms with Gasteiger partial charge in [0.15, 0.2) is 0 Å². The smallest absolute Gasteiger partial charge is 0.325 e. The Morgan fingerprint density at radius 2 is 2.06 bits per heavy atom. The molecular formula is C12H24N2O3S. The van der Waals surface area contributed by atoms with Gasteiger partial charge in [0.1, 0.15) is 5.54 Å². The Morgan fingerprint density at radius 3 is 2.50 bits per heavy atom. The number of carbonyl (C=O) groups excluding carboxylic acids is 2. The van der Waals surface area contributed by atoms with Crippen LogP contribution in [0, 0.1) is 0 Å². The zero-order valence-electron chi connectivity index (χ0n) is 11.6. The summed E-state index contributed by atoms with van der Waals surface area (Å²) in [5.74, 6) is 0.564. The van der Waals surface area contributed by atoms with Gasteiger partial charge in [-0.1, -0.05) is 0 Å². The molecule has 0 fully saturated rings. The average Bonchev–Trinajstić information content (AvgIpc) is 2.26. The van der Waals surface area contributed by atoms with E-state index in [0.717, 1.165) is 12.2 Å². The van der Waals surface area contributed by atoms with Crippen LogP contribution >= 0.6 is 11.8 Å². The minimum Gasteiger partial charge on any atom is -0.468 e. The van der Waals surface area contributed by atoms with Crippen molar-refractivity contribution in [3.8, 4) is 0 Å². The Hall–Kier alpha value is -0.750. The second-order valence-electron chi connectivity index (χ2n) is 4.75. The first-order valence-electron chi connectivity index (χ1n) is 6.04. The van der Waals surface area contributed by atoms with Gasteiger partial charge in [0, 0.05) is 6.04 Å². The van der Waals surface area contributed by atoms with Crippen LogP contribution in [0.5, 0.6) is 0 Å². The van der Waals surface area contributed by atoms with E-state index in [0.29, 0.717) is 12.2 Å². The Bertz CT molecular complexity index is 284. The maximum atomic E-state index is 11.8. The summed E-state index contributed by atoms with van der Waals surface area (Å²) in [6.45, 7) is 5.82. The molecule has 0 aromatic carbocycles. The molecule has 1 unspecified atom stereocenters. The molecule has 0 spiro atoms. The predicted molar refractivity (Wildman–Crippen MR) is 74.4 cm³/mol. The maximum absolute atomic E-state index is 11.8. The molecule has 6 heteroatoms. The lowest BCUT2D eigenvalue weighted by atomic mass is 9.95. The summed E-state index contributed by atoms with van der Waals surface area (Å²) in [6, 6.07) is 0.201. The number of hydrogen-bond acceptors (Lipinski definition) is 5. The highest BCUT2D eigenvalue weighted by Gasteiger charge is 2.33. The van der Waals surface area contributed by atoms with Crippen molar-refractivity contribution in [3.63, 3.8) is 0 Å². The fourth-order valence-electron chi connectivity index (χ4n) is 1.80. The molecule has 0 heterocycles. The van der Waals surface area contributed by atoms with E-state index < -0.39 is 5.54 Å². The molecule has 0 rings (SSSR count). The normalized spacial score (nSPS) is 14.3. The third kappa shape index (κ3) is 6.86. The molecule has 0 aromatic heterocycles. The Balaban J connectivity index is 4.17. The van der Waals surface area contributed by atoms with E-state index in [1.165, 1.54) is 18.9 Å². The van der Waals surface area contributed by atoms with Gasteiger partial charge >= 0.3 is 5.97 Å². The molecule has 3 N–H and O–H groups in total. The van der Waals surface area contributed by atoms with Crippen LogP contribution in [-0.4, -0.2) is 42.1 Å². The summed E-state index contributed by atoms with van der Waals surface area (Å²) >= 11 is 1.49. The highest BCUT2D eigenvalue weighted by molar-refractivity contribution is 7.99. The number of rotatable bonds is 9. The van der Waals surface area contributed by atoms with Crippen molar-refractivity contribution in [3.05, 3.63) is 0 Å². The average molecular weight is 276 g/mol. The molecule has 0 saturated heterocycles. The van der Waals surface area contributed by atoms with E-state index in [-0.39, 0.29) is 17.9 Å². The van der Waals surface area contributed by atoms with Gasteiger partial charge in [-0.3, -0.25) is 14.9 Å². The van der Waals surface area contributed by atoms with Gasteiger partial charge in [-0.2, -0.15) is 11.8 Å². The molecular weight excluding hydrogens is 252 g/mol. The fraction of sp³-hybridized carbons (Fsp3) is 0.833. The van der Waals surface area contributed by atoms with Crippen LogP contribution in [0.1, 0.15) is 33.6 Å². The number of nitrogens with two attached hydrogens (primary N) is 1. The number of primary amides is 1. The zero-order chi connectivity index (χ0) is 14.2. The van der Waals surface area contributed by atoms with Gasteiger partial charge < -0.3 is 10.5 Å². The number of ether oxygens (including phenoxy) is 1. The molecule has 0 radical (unpaired) electrons. The van der Waals surface area contributed by atoms with Gasteiger partial charge in [0.2, 0.25) is 5.91 Å². The molecule has 0 aromatic rings. The summed E-state index contributed by atoms with van der Waals surface area (Å²) < 4.78 is 4.83. The van der Waals surface area contributed by atoms with Crippen molar-refractivity contribution in [2.75, 3.05) is 18.6 Å². The van der Waals surface area contributed by atoms with E-state index in [1.54, 1.807) is 0 Å². The molecule has 1 atom stereocenters. The van der Waals surface area contributed by atoms with Crippen LogP contribution in [0.3, 0.4) is 0 Å². The summed E-state index contributed by atoms with van der Waals surface area (Å²) in [5.41, 5.74) is 4.38. The van der Waals surface area contributed by atoms with Crippen LogP contribution < -0.4 is 11.1 Å². The van der Waals surface area contributed by atoms with Crippen LogP contribution in [0.2, 0.25) is 0 Å². The standard InChI is InChI=1S/C12H24N2O3S/c1-9(2)14-12(3,11(16)17-4)6-5-7-18-8-10(13)15/h9,14H,5-8H2,1-4H3,(H2,13,15). The molecule has 18 heavy (non-hydrogen) atoms. The summed E-state index contributed by atoms with van der Waals surface area (Å²) in [5, 5.41) is 3.23. The Morgan fingerprint density at radius 1 is 1.44 bits per heavy atom. The number of nitrogens with one attached hydrogen (secondary N) is 1. The zero-order valence-corrected chi connectivity index (χ0v) is 12.4. The minimum absolute atomic E-state index is 0.201. The van der Waals surface area contributed by atoms with E-state index in [1.807, 2.05) is 20.8 Å². The van der Waals surface area contributed by atoms with Crippen molar-refractivity contribution in [1.29, 1.82) is 0 Å². The topological polar surface area (TPSA) is 81.4 Å². The van der Waals surface area contributed by atoms with Crippen LogP contribution in [0.25, 0.3) is 0 Å². The first-order chi connectivity index (χ1) is 8.31. The Kier molecular flexibility index (Phi) is 8.02. The van der Waals surface area contributed by atoms with E-state index >= 15 is 0 Å². The first kappa shape index (κ1) is 17.2. The minimum atomic E-state index is -0.670. The van der Waals surface area contributed by atoms with Gasteiger partial charge in [-0.15, -0.1) is 0 Å². The number of methoxy groups -OCH3 is 1. The lowest BCUT2D eigenvalue weighted by Crippen LogP contribution is -2.53. The fourth-order valence-corrected chi connectivity index (χ4v) is 2.49. The molecule has 106 valence electrons. The molecule has 0 saturated carbocycles. The van der Waals surface area contributed by atoms with Crippen molar-refractivity contribution >= 4 is 23.6 Å². The molecule has 5 nitrogen and oxygen atoms in total. The summed E-state index contributed by atoms with van der Waals surface area (Å²) in [4.78, 5) is 22.3. The van der Waals surface area contributed by atoms with E-state index in [4.69, 9.17) is 10.5 Å². The molecule has 0 aliphatic heterocycles. The highest BCUT2D eigenvalue weighted by Crippen LogP contribution is 2.17. The molecule has 0 bridgehead atoms. The van der Waals surface area contributed by atoms with E-state index in [9.17, 15) is 9.59 Å². The number of esters is 1. The second kappa shape index (κ2) is 8.37. The van der Waals surface area contributed by atoms with Crippen molar-refractivity contribution in [1.82, 2.24) is 5.32 Å². The van der Waals surface area contributed by atoms with Crippen molar-refractivity contribution in [2.24, 2.45) is 5.73 Å². The van der Waals surface area contributed by atoms with Crippen LogP contribution in [0.15, 0.2) is 0 Å². The Labute approximate surface area is 113 Å². The number of thioether (sulfide) groups is 1. The largest absolute Gasteiger partial charge is 0.468 e. The number of amides is 1. The molecule has 1 amide bonds. The van der Waals surface area contributed by atoms with Crippen molar-refractivity contribution in [2.45, 2.75) is 45.2 Å². The van der Waals surface area contributed by atoms with Crippen LogP contribution in [0.4, 0.5) is 0 Å². The molecule has 0 aliphatic carbocycles. The summed E-state index contributed by atoms with van der Waals surface area (Å²) in [7, 11) is 1.39. The second-order valence-corrected chi connectivity index (χ2v) is 5.85. The quantitative estimate of drug-likeness (QED) is 0.483. The molecule has 0 aliphatic rings. The third-order valence-electron chi connectivity index (χ3n) is 2.45. The van der Waals surface area contributed by atoms with Gasteiger partial charge in [-0.05, 0) is 39.4 Å². The third-order valence-corrected chi connectivity index (χ3v) is 3.52. The first-order valence-corrected chi connectivity index (χ1v) is 7.19. The maximum Gasteiger partial charge on any atom is 0.325 e. The van der Waals surface area contributed by atoms with E-state index in [2.05, 4.69) is 5.32 Å². The van der Waals surface area contributed by atoms with Gasteiger partial charge in [0.25, 0.3) is 0 Å². The monoisotopic (exact) mass is 276 g/mol. The predicted octanol–water partition coefficient (Wildman–Crippen LogP) is 0.915. The number of carbonyl (C=O) groups is 2. The van der Waals surface area contributed by atoms with Crippen LogP contribution in [-0.2, 0) is 14.3 Å². The summed E-state index contributed by atoms with van der Waals surface area (Å²) in [6.07, 6.45) is 1.49. The lowest BCUT2D eigenvalue weighted by Gasteiger charge is -2.30.